The molecule has 0 saturated heterocycles. The minimum absolute atomic E-state index is 0.198. The number of aromatic nitrogens is 1. The first-order chi connectivity index (χ1) is 10.3. The minimum Gasteiger partial charge on any atom is -0.425 e. The van der Waals surface area contributed by atoms with Crippen molar-refractivity contribution >= 4 is 43.5 Å². The van der Waals surface area contributed by atoms with Crippen molar-refractivity contribution in [2.24, 2.45) is 10.9 Å². The first kappa shape index (κ1) is 16.3. The van der Waals surface area contributed by atoms with E-state index in [0.29, 0.717) is 10.2 Å². The first-order valence-corrected chi connectivity index (χ1v) is 8.26. The molecule has 0 aliphatic heterocycles. The number of carbonyl (C=O) groups is 2. The Hall–Kier alpha value is -2.08. The Kier molecular flexibility index (Phi) is 4.71. The van der Waals surface area contributed by atoms with Crippen LogP contribution in [0.2, 0.25) is 0 Å². The lowest BCUT2D eigenvalue weighted by Gasteiger charge is -2.05. The van der Waals surface area contributed by atoms with Crippen molar-refractivity contribution < 1.29 is 22.7 Å². The molecule has 1 heterocycles. The largest absolute Gasteiger partial charge is 0.425 e. The van der Waals surface area contributed by atoms with Gasteiger partial charge in [0.15, 0.2) is 0 Å². The Labute approximate surface area is 129 Å². The molecule has 118 valence electrons. The summed E-state index contributed by atoms with van der Waals surface area (Å²) in [4.78, 5) is 26.3. The van der Waals surface area contributed by atoms with E-state index in [4.69, 9.17) is 15.6 Å². The van der Waals surface area contributed by atoms with Gasteiger partial charge in [0.25, 0.3) is 10.0 Å². The van der Waals surface area contributed by atoms with Gasteiger partial charge in [-0.2, -0.15) is 0 Å². The van der Waals surface area contributed by atoms with Gasteiger partial charge in [-0.25, -0.2) is 23.3 Å². The zero-order chi connectivity index (χ0) is 16.3. The van der Waals surface area contributed by atoms with E-state index in [9.17, 15) is 18.0 Å². The molecular formula is C11H12N4O5S2. The summed E-state index contributed by atoms with van der Waals surface area (Å²) >= 11 is 0.866. The van der Waals surface area contributed by atoms with Crippen molar-refractivity contribution in [3.8, 4) is 5.75 Å². The molecular weight excluding hydrogens is 332 g/mol. The van der Waals surface area contributed by atoms with Gasteiger partial charge in [0.1, 0.15) is 12.3 Å². The number of fused-ring (bicyclic) bond motifs is 1. The highest BCUT2D eigenvalue weighted by molar-refractivity contribution is 7.91. The fourth-order valence-electron chi connectivity index (χ4n) is 1.48. The van der Waals surface area contributed by atoms with Crippen LogP contribution in [0.4, 0.5) is 0 Å². The van der Waals surface area contributed by atoms with Crippen LogP contribution < -0.4 is 20.9 Å². The number of nitrogens with zero attached hydrogens (tertiary/aromatic N) is 1. The topological polar surface area (TPSA) is 154 Å². The van der Waals surface area contributed by atoms with Crippen LogP contribution in [-0.2, 0) is 19.6 Å². The predicted octanol–water partition coefficient (Wildman–Crippen LogP) is -1.08. The van der Waals surface area contributed by atoms with E-state index >= 15 is 0 Å². The van der Waals surface area contributed by atoms with Crippen LogP contribution in [0.15, 0.2) is 22.5 Å². The Morgan fingerprint density at radius 3 is 2.73 bits per heavy atom. The number of carbonyl (C=O) groups excluding carboxylic acids is 2. The lowest BCUT2D eigenvalue weighted by molar-refractivity contribution is -0.135. The summed E-state index contributed by atoms with van der Waals surface area (Å²) < 4.78 is 27.8. The van der Waals surface area contributed by atoms with Gasteiger partial charge < -0.3 is 15.8 Å². The maximum Gasteiger partial charge on any atom is 0.330 e. The molecule has 0 aliphatic rings. The highest BCUT2D eigenvalue weighted by atomic mass is 32.2. The maximum atomic E-state index is 11.5. The third-order valence-electron chi connectivity index (χ3n) is 2.43. The fourth-order valence-corrected chi connectivity index (χ4v) is 3.16. The lowest BCUT2D eigenvalue weighted by Crippen LogP contribution is -2.35. The molecule has 0 spiro atoms. The van der Waals surface area contributed by atoms with Gasteiger partial charge in [-0.1, -0.05) is 0 Å². The van der Waals surface area contributed by atoms with E-state index in [0.717, 1.165) is 11.3 Å². The molecule has 11 heteroatoms. The number of nitrogens with one attached hydrogen (secondary N) is 1. The third-order valence-corrected chi connectivity index (χ3v) is 4.77. The van der Waals surface area contributed by atoms with Crippen molar-refractivity contribution in [3.05, 3.63) is 18.2 Å². The maximum absolute atomic E-state index is 11.5. The first-order valence-electron chi connectivity index (χ1n) is 5.90. The number of benzene rings is 1. The van der Waals surface area contributed by atoms with Gasteiger partial charge in [0.05, 0.1) is 16.8 Å². The number of hydrogen-bond donors (Lipinski definition) is 3. The van der Waals surface area contributed by atoms with Crippen LogP contribution in [-0.4, -0.2) is 38.4 Å². The molecule has 1 aromatic carbocycles. The van der Waals surface area contributed by atoms with Gasteiger partial charge in [0.2, 0.25) is 10.2 Å². The Bertz CT molecular complexity index is 830. The molecule has 5 N–H and O–H groups in total. The van der Waals surface area contributed by atoms with Crippen LogP contribution in [0.5, 0.6) is 5.75 Å². The number of hydrogen-bond acceptors (Lipinski definition) is 8. The summed E-state index contributed by atoms with van der Waals surface area (Å²) in [5.74, 6) is -0.964. The number of sulfonamides is 1. The van der Waals surface area contributed by atoms with Crippen LogP contribution >= 0.6 is 11.3 Å². The third kappa shape index (κ3) is 3.98. The van der Waals surface area contributed by atoms with Crippen molar-refractivity contribution in [3.63, 3.8) is 0 Å². The molecule has 1 aromatic heterocycles. The van der Waals surface area contributed by atoms with Crippen LogP contribution in [0.1, 0.15) is 0 Å². The van der Waals surface area contributed by atoms with Crippen molar-refractivity contribution in [1.29, 1.82) is 0 Å². The summed E-state index contributed by atoms with van der Waals surface area (Å²) in [5, 5.41) is 7.27. The molecule has 9 nitrogen and oxygen atoms in total. The second-order valence-electron chi connectivity index (χ2n) is 4.11. The average molecular weight is 344 g/mol. The molecule has 0 fully saturated rings. The summed E-state index contributed by atoms with van der Waals surface area (Å²) in [6.07, 6.45) is 0. The molecule has 2 aromatic rings. The van der Waals surface area contributed by atoms with Crippen LogP contribution in [0.3, 0.4) is 0 Å². The number of nitrogens with two attached hydrogens (primary N) is 2. The summed E-state index contributed by atoms with van der Waals surface area (Å²) in [6, 6.07) is 4.42. The van der Waals surface area contributed by atoms with Gasteiger partial charge in [-0.3, -0.25) is 4.79 Å². The number of amides is 1. The smallest absolute Gasteiger partial charge is 0.330 e. The van der Waals surface area contributed by atoms with Crippen molar-refractivity contribution in [2.75, 3.05) is 13.1 Å². The van der Waals surface area contributed by atoms with Crippen molar-refractivity contribution in [1.82, 2.24) is 10.3 Å². The molecule has 0 radical (unpaired) electrons. The standard InChI is InChI=1S/C11H12N4O5S2/c12-4-9(16)14-5-10(17)20-6-1-2-7-8(3-6)21-11(15-7)22(13,18)19/h1-3H,4-5,12H2,(H,14,16)(H2,13,18,19). The van der Waals surface area contributed by atoms with Gasteiger partial charge in [-0.05, 0) is 12.1 Å². The molecule has 2 rings (SSSR count). The molecule has 22 heavy (non-hydrogen) atoms. The Morgan fingerprint density at radius 2 is 2.09 bits per heavy atom. The summed E-state index contributed by atoms with van der Waals surface area (Å²) in [5.41, 5.74) is 5.50. The van der Waals surface area contributed by atoms with Gasteiger partial charge >= 0.3 is 5.97 Å². The van der Waals surface area contributed by atoms with E-state index in [1.165, 1.54) is 18.2 Å². The molecule has 0 bridgehead atoms. The molecule has 1 amide bonds. The SMILES string of the molecule is NCC(=O)NCC(=O)Oc1ccc2nc(S(N)(=O)=O)sc2c1. The van der Waals surface area contributed by atoms with Crippen LogP contribution in [0.25, 0.3) is 10.2 Å². The normalized spacial score (nSPS) is 11.4. The van der Waals surface area contributed by atoms with Gasteiger partial charge in [0, 0.05) is 6.07 Å². The van der Waals surface area contributed by atoms with E-state index in [1.54, 1.807) is 0 Å². The predicted molar refractivity (Wildman–Crippen MR) is 78.7 cm³/mol. The van der Waals surface area contributed by atoms with E-state index in [2.05, 4.69) is 10.3 Å². The van der Waals surface area contributed by atoms with Crippen LogP contribution in [0, 0.1) is 0 Å². The summed E-state index contributed by atoms with van der Waals surface area (Å²) in [6.45, 7) is -0.546. The quantitative estimate of drug-likeness (QED) is 0.460. The molecule has 0 saturated carbocycles. The van der Waals surface area contributed by atoms with Gasteiger partial charge in [-0.15, -0.1) is 11.3 Å². The monoisotopic (exact) mass is 344 g/mol. The summed E-state index contributed by atoms with van der Waals surface area (Å²) in [7, 11) is -3.88. The molecule has 0 unspecified atom stereocenters. The highest BCUT2D eigenvalue weighted by Gasteiger charge is 2.15. The lowest BCUT2D eigenvalue weighted by atomic mass is 10.3. The molecule has 0 atom stereocenters. The number of esters is 1. The van der Waals surface area contributed by atoms with E-state index in [-0.39, 0.29) is 23.2 Å². The fraction of sp³-hybridized carbons (Fsp3) is 0.182. The average Bonchev–Trinajstić information content (AvgIpc) is 2.88. The number of primary sulfonamides is 1. The highest BCUT2D eigenvalue weighted by Crippen LogP contribution is 2.28. The molecule has 0 aliphatic carbocycles. The zero-order valence-electron chi connectivity index (χ0n) is 11.1. The number of ether oxygens (including phenoxy) is 1. The van der Waals surface area contributed by atoms with E-state index < -0.39 is 21.9 Å². The zero-order valence-corrected chi connectivity index (χ0v) is 12.7. The van der Waals surface area contributed by atoms with E-state index in [1.807, 2.05) is 0 Å². The minimum atomic E-state index is -3.88. The second kappa shape index (κ2) is 6.36. The Morgan fingerprint density at radius 1 is 1.36 bits per heavy atom. The Balaban J connectivity index is 2.12. The second-order valence-corrected chi connectivity index (χ2v) is 6.88. The number of thiazole rings is 1. The number of rotatable bonds is 5. The van der Waals surface area contributed by atoms with Crippen molar-refractivity contribution in [2.45, 2.75) is 4.34 Å².